The van der Waals surface area contributed by atoms with Gasteiger partial charge in [-0.05, 0) is 60.7 Å². The minimum atomic E-state index is -3.47. The van der Waals surface area contributed by atoms with Gasteiger partial charge in [0.2, 0.25) is 10.0 Å². The Kier molecular flexibility index (Phi) is 7.13. The van der Waals surface area contributed by atoms with Crippen molar-refractivity contribution < 1.29 is 13.2 Å². The molecule has 0 aliphatic rings. The molecular weight excluding hydrogens is 408 g/mol. The summed E-state index contributed by atoms with van der Waals surface area (Å²) >= 11 is 0. The van der Waals surface area contributed by atoms with E-state index < -0.39 is 10.0 Å². The summed E-state index contributed by atoms with van der Waals surface area (Å²) < 4.78 is 26.4. The first kappa shape index (κ1) is 22.6. The Morgan fingerprint density at radius 3 is 2.23 bits per heavy atom. The standard InChI is InChI=1S/C25H28N2O3S/c1-19-9-10-20(2)24(17-19)27(31(3,29)30)18-22-11-13-23(14-12-22)25(28)26-16-15-21-7-5-4-6-8-21/h4-14,17H,15-16,18H2,1-3H3,(H,26,28). The molecule has 1 N–H and O–H groups in total. The molecule has 5 nitrogen and oxygen atoms in total. The van der Waals surface area contributed by atoms with Crippen LogP contribution in [0.1, 0.15) is 32.6 Å². The van der Waals surface area contributed by atoms with Crippen LogP contribution in [0.2, 0.25) is 0 Å². The van der Waals surface area contributed by atoms with E-state index in [2.05, 4.69) is 5.32 Å². The number of carbonyl (C=O) groups is 1. The number of nitrogens with one attached hydrogen (secondary N) is 1. The molecule has 3 rings (SSSR count). The first-order valence-corrected chi connectivity index (χ1v) is 12.0. The zero-order valence-corrected chi connectivity index (χ0v) is 18.9. The van der Waals surface area contributed by atoms with Gasteiger partial charge in [-0.15, -0.1) is 0 Å². The molecule has 3 aromatic carbocycles. The second-order valence-electron chi connectivity index (χ2n) is 7.75. The number of anilines is 1. The zero-order valence-electron chi connectivity index (χ0n) is 18.1. The number of amides is 1. The van der Waals surface area contributed by atoms with Crippen molar-refractivity contribution in [1.82, 2.24) is 5.32 Å². The van der Waals surface area contributed by atoms with Crippen molar-refractivity contribution in [2.24, 2.45) is 0 Å². The molecule has 0 unspecified atom stereocenters. The van der Waals surface area contributed by atoms with Gasteiger partial charge in [-0.3, -0.25) is 9.10 Å². The molecule has 0 aromatic heterocycles. The van der Waals surface area contributed by atoms with E-state index in [0.29, 0.717) is 17.8 Å². The zero-order chi connectivity index (χ0) is 22.4. The third kappa shape index (κ3) is 6.18. The van der Waals surface area contributed by atoms with E-state index in [1.54, 1.807) is 24.3 Å². The highest BCUT2D eigenvalue weighted by molar-refractivity contribution is 7.92. The molecule has 0 spiro atoms. The molecule has 0 aliphatic heterocycles. The Hall–Kier alpha value is -3.12. The predicted octanol–water partition coefficient (Wildman–Crippen LogP) is 4.24. The monoisotopic (exact) mass is 436 g/mol. The summed E-state index contributed by atoms with van der Waals surface area (Å²) in [4.78, 5) is 12.4. The fraction of sp³-hybridized carbons (Fsp3) is 0.240. The third-order valence-corrected chi connectivity index (χ3v) is 6.24. The number of aryl methyl sites for hydroxylation is 2. The fourth-order valence-corrected chi connectivity index (χ4v) is 4.30. The number of carbonyl (C=O) groups excluding carboxylic acids is 1. The van der Waals surface area contributed by atoms with Crippen LogP contribution >= 0.6 is 0 Å². The van der Waals surface area contributed by atoms with Gasteiger partial charge in [-0.25, -0.2) is 8.42 Å². The lowest BCUT2D eigenvalue weighted by atomic mass is 10.1. The maximum Gasteiger partial charge on any atom is 0.251 e. The van der Waals surface area contributed by atoms with Crippen molar-refractivity contribution in [3.8, 4) is 0 Å². The fourth-order valence-electron chi connectivity index (χ4n) is 3.36. The van der Waals surface area contributed by atoms with Crippen LogP contribution in [-0.4, -0.2) is 27.1 Å². The van der Waals surface area contributed by atoms with Crippen molar-refractivity contribution >= 4 is 21.6 Å². The van der Waals surface area contributed by atoms with Crippen molar-refractivity contribution in [2.75, 3.05) is 17.1 Å². The number of hydrogen-bond donors (Lipinski definition) is 1. The lowest BCUT2D eigenvalue weighted by Crippen LogP contribution is -2.30. The van der Waals surface area contributed by atoms with E-state index in [4.69, 9.17) is 0 Å². The van der Waals surface area contributed by atoms with Crippen LogP contribution in [0, 0.1) is 13.8 Å². The molecule has 0 fully saturated rings. The van der Waals surface area contributed by atoms with Crippen LogP contribution < -0.4 is 9.62 Å². The Labute approximate surface area is 184 Å². The van der Waals surface area contributed by atoms with Gasteiger partial charge >= 0.3 is 0 Å². The van der Waals surface area contributed by atoms with Crippen molar-refractivity contribution in [1.29, 1.82) is 0 Å². The minimum absolute atomic E-state index is 0.142. The molecule has 0 saturated heterocycles. The molecule has 0 heterocycles. The Balaban J connectivity index is 1.68. The van der Waals surface area contributed by atoms with E-state index in [1.807, 2.05) is 62.4 Å². The summed E-state index contributed by atoms with van der Waals surface area (Å²) in [5.74, 6) is -0.142. The Morgan fingerprint density at radius 2 is 1.58 bits per heavy atom. The Bertz CT molecular complexity index is 1140. The number of nitrogens with zero attached hydrogens (tertiary/aromatic N) is 1. The van der Waals surface area contributed by atoms with Crippen LogP contribution in [0.15, 0.2) is 72.8 Å². The van der Waals surface area contributed by atoms with Crippen molar-refractivity contribution in [2.45, 2.75) is 26.8 Å². The third-order valence-electron chi connectivity index (χ3n) is 5.12. The average molecular weight is 437 g/mol. The molecule has 31 heavy (non-hydrogen) atoms. The Morgan fingerprint density at radius 1 is 0.903 bits per heavy atom. The van der Waals surface area contributed by atoms with Gasteiger partial charge < -0.3 is 5.32 Å². The summed E-state index contributed by atoms with van der Waals surface area (Å²) in [6.45, 7) is 4.60. The average Bonchev–Trinajstić information content (AvgIpc) is 2.74. The SMILES string of the molecule is Cc1ccc(C)c(N(Cc2ccc(C(=O)NCCc3ccccc3)cc2)S(C)(=O)=O)c1. The number of hydrogen-bond acceptors (Lipinski definition) is 3. The first-order valence-electron chi connectivity index (χ1n) is 10.2. The maximum absolute atomic E-state index is 12.5. The molecule has 0 saturated carbocycles. The highest BCUT2D eigenvalue weighted by atomic mass is 32.2. The quantitative estimate of drug-likeness (QED) is 0.574. The second-order valence-corrected chi connectivity index (χ2v) is 9.65. The smallest absolute Gasteiger partial charge is 0.251 e. The molecule has 0 aliphatic carbocycles. The largest absolute Gasteiger partial charge is 0.352 e. The van der Waals surface area contributed by atoms with Crippen LogP contribution in [0.25, 0.3) is 0 Å². The summed E-state index contributed by atoms with van der Waals surface area (Å²) in [6.07, 6.45) is 1.98. The highest BCUT2D eigenvalue weighted by Crippen LogP contribution is 2.26. The van der Waals surface area contributed by atoms with Gasteiger partial charge in [-0.1, -0.05) is 54.6 Å². The summed E-state index contributed by atoms with van der Waals surface area (Å²) in [5, 5.41) is 2.93. The van der Waals surface area contributed by atoms with E-state index in [1.165, 1.54) is 16.1 Å². The molecular formula is C25H28N2O3S. The molecule has 3 aromatic rings. The number of sulfonamides is 1. The number of rotatable bonds is 8. The van der Waals surface area contributed by atoms with Gasteiger partial charge in [0, 0.05) is 12.1 Å². The van der Waals surface area contributed by atoms with E-state index >= 15 is 0 Å². The summed E-state index contributed by atoms with van der Waals surface area (Å²) in [5.41, 5.74) is 5.10. The topological polar surface area (TPSA) is 66.5 Å². The van der Waals surface area contributed by atoms with Crippen LogP contribution in [-0.2, 0) is 23.0 Å². The van der Waals surface area contributed by atoms with Crippen LogP contribution in [0.5, 0.6) is 0 Å². The lowest BCUT2D eigenvalue weighted by molar-refractivity contribution is 0.0954. The van der Waals surface area contributed by atoms with Crippen molar-refractivity contribution in [3.63, 3.8) is 0 Å². The lowest BCUT2D eigenvalue weighted by Gasteiger charge is -2.25. The highest BCUT2D eigenvalue weighted by Gasteiger charge is 2.20. The predicted molar refractivity (Wildman–Crippen MR) is 126 cm³/mol. The van der Waals surface area contributed by atoms with Gasteiger partial charge in [-0.2, -0.15) is 0 Å². The van der Waals surface area contributed by atoms with E-state index in [0.717, 1.165) is 23.1 Å². The summed E-state index contributed by atoms with van der Waals surface area (Å²) in [6, 6.07) is 22.8. The molecule has 0 radical (unpaired) electrons. The maximum atomic E-state index is 12.5. The van der Waals surface area contributed by atoms with E-state index in [-0.39, 0.29) is 12.5 Å². The summed E-state index contributed by atoms with van der Waals surface area (Å²) in [7, 11) is -3.47. The molecule has 0 bridgehead atoms. The van der Waals surface area contributed by atoms with Gasteiger partial charge in [0.15, 0.2) is 0 Å². The van der Waals surface area contributed by atoms with Gasteiger partial charge in [0.1, 0.15) is 0 Å². The normalized spacial score (nSPS) is 11.2. The molecule has 1 amide bonds. The molecule has 0 atom stereocenters. The second kappa shape index (κ2) is 9.79. The molecule has 162 valence electrons. The van der Waals surface area contributed by atoms with Crippen LogP contribution in [0.4, 0.5) is 5.69 Å². The van der Waals surface area contributed by atoms with Gasteiger partial charge in [0.25, 0.3) is 5.91 Å². The molecule has 6 heteroatoms. The number of benzene rings is 3. The van der Waals surface area contributed by atoms with Crippen LogP contribution in [0.3, 0.4) is 0 Å². The van der Waals surface area contributed by atoms with Gasteiger partial charge in [0.05, 0.1) is 18.5 Å². The van der Waals surface area contributed by atoms with Crippen molar-refractivity contribution in [3.05, 3.63) is 101 Å². The minimum Gasteiger partial charge on any atom is -0.352 e. The van der Waals surface area contributed by atoms with E-state index in [9.17, 15) is 13.2 Å². The first-order chi connectivity index (χ1) is 14.7.